The molecular formula is C38H32P2. The van der Waals surface area contributed by atoms with Crippen molar-refractivity contribution >= 4 is 18.5 Å². The smallest absolute Gasteiger partial charge is 0.0591 e. The normalized spacial score (nSPS) is 11.8. The molecule has 194 valence electrons. The van der Waals surface area contributed by atoms with E-state index in [0.717, 1.165) is 0 Å². The van der Waals surface area contributed by atoms with Crippen LogP contribution < -0.4 is 0 Å². The molecule has 6 rings (SSSR count). The molecule has 0 bridgehead atoms. The highest BCUT2D eigenvalue weighted by Crippen LogP contribution is 2.47. The first-order valence-corrected chi connectivity index (χ1v) is 14.8. The van der Waals surface area contributed by atoms with Crippen LogP contribution in [-0.2, 0) is 10.3 Å². The van der Waals surface area contributed by atoms with Crippen LogP contribution in [0.25, 0.3) is 11.1 Å². The Kier molecular flexibility index (Phi) is 7.49. The molecule has 0 N–H and O–H groups in total. The Morgan fingerprint density at radius 3 is 0.800 bits per heavy atom. The first kappa shape index (κ1) is 26.4. The van der Waals surface area contributed by atoms with Crippen molar-refractivity contribution in [3.8, 4) is 11.1 Å². The van der Waals surface area contributed by atoms with Crippen molar-refractivity contribution in [3.05, 3.63) is 203 Å². The summed E-state index contributed by atoms with van der Waals surface area (Å²) in [4.78, 5) is 0. The van der Waals surface area contributed by atoms with E-state index in [9.17, 15) is 0 Å². The summed E-state index contributed by atoms with van der Waals surface area (Å²) in [7, 11) is 6.35. The van der Waals surface area contributed by atoms with Gasteiger partial charge in [-0.1, -0.05) is 158 Å². The lowest BCUT2D eigenvalue weighted by Gasteiger charge is -2.33. The van der Waals surface area contributed by atoms with Gasteiger partial charge < -0.3 is 0 Å². The Balaban J connectivity index is 1.49. The molecule has 0 amide bonds. The van der Waals surface area contributed by atoms with Crippen molar-refractivity contribution in [2.75, 3.05) is 0 Å². The van der Waals surface area contributed by atoms with Gasteiger partial charge in [-0.05, 0) is 56.6 Å². The summed E-state index contributed by atoms with van der Waals surface area (Å²) in [5.74, 6) is 0. The van der Waals surface area contributed by atoms with Gasteiger partial charge in [0.1, 0.15) is 0 Å². The third-order valence-electron chi connectivity index (χ3n) is 7.89. The van der Waals surface area contributed by atoms with Gasteiger partial charge in [0.25, 0.3) is 0 Å². The monoisotopic (exact) mass is 550 g/mol. The summed E-state index contributed by atoms with van der Waals surface area (Å²) in [6, 6.07) is 61.0. The molecule has 0 nitrogen and oxygen atoms in total. The summed E-state index contributed by atoms with van der Waals surface area (Å²) < 4.78 is 0. The van der Waals surface area contributed by atoms with Gasteiger partial charge in [-0.25, -0.2) is 0 Å². The largest absolute Gasteiger partial charge is 0.117 e. The molecule has 0 saturated carbocycles. The highest BCUT2D eigenvalue weighted by Gasteiger charge is 2.33. The third kappa shape index (κ3) is 4.84. The topological polar surface area (TPSA) is 0 Å². The highest BCUT2D eigenvalue weighted by atomic mass is 31.0. The van der Waals surface area contributed by atoms with E-state index >= 15 is 0 Å². The summed E-state index contributed by atoms with van der Waals surface area (Å²) in [5.41, 5.74) is 9.85. The van der Waals surface area contributed by atoms with Gasteiger partial charge >= 0.3 is 0 Å². The first-order chi connectivity index (χ1) is 19.6. The molecule has 0 aromatic heterocycles. The first-order valence-electron chi connectivity index (χ1n) is 13.6. The van der Waals surface area contributed by atoms with Gasteiger partial charge in [-0.15, -0.1) is 18.5 Å². The maximum absolute atomic E-state index is 3.18. The molecule has 2 atom stereocenters. The average molecular weight is 551 g/mol. The van der Waals surface area contributed by atoms with Crippen LogP contribution in [0, 0.1) is 0 Å². The zero-order valence-electron chi connectivity index (χ0n) is 22.3. The van der Waals surface area contributed by atoms with Crippen LogP contribution in [0.1, 0.15) is 33.4 Å². The lowest BCUT2D eigenvalue weighted by molar-refractivity contribution is 0.895. The predicted octanol–water partition coefficient (Wildman–Crippen LogP) is 9.69. The van der Waals surface area contributed by atoms with Crippen molar-refractivity contribution in [3.63, 3.8) is 0 Å². The van der Waals surface area contributed by atoms with Gasteiger partial charge in [-0.2, -0.15) is 0 Å². The van der Waals surface area contributed by atoms with Gasteiger partial charge in [0.15, 0.2) is 0 Å². The fraction of sp³-hybridized carbons (Fsp3) is 0.0526. The van der Waals surface area contributed by atoms with Crippen LogP contribution in [0.4, 0.5) is 0 Å². The zero-order valence-corrected chi connectivity index (χ0v) is 24.6. The summed E-state index contributed by atoms with van der Waals surface area (Å²) in [5, 5.41) is -0.733. The van der Waals surface area contributed by atoms with Crippen molar-refractivity contribution in [1.82, 2.24) is 0 Å². The van der Waals surface area contributed by atoms with Crippen LogP contribution >= 0.6 is 18.5 Å². The van der Waals surface area contributed by atoms with E-state index in [1.54, 1.807) is 0 Å². The molecule has 0 heterocycles. The molecule has 6 aromatic rings. The molecule has 2 heteroatoms. The fourth-order valence-corrected chi connectivity index (χ4v) is 6.82. The van der Waals surface area contributed by atoms with E-state index in [0.29, 0.717) is 0 Å². The lowest BCUT2D eigenvalue weighted by Crippen LogP contribution is -2.22. The fourth-order valence-electron chi connectivity index (χ4n) is 5.69. The van der Waals surface area contributed by atoms with Crippen LogP contribution in [0.5, 0.6) is 0 Å². The Morgan fingerprint density at radius 1 is 0.275 bits per heavy atom. The minimum atomic E-state index is -0.366. The molecule has 2 unspecified atom stereocenters. The van der Waals surface area contributed by atoms with Gasteiger partial charge in [-0.3, -0.25) is 0 Å². The van der Waals surface area contributed by atoms with E-state index in [2.05, 4.69) is 188 Å². The van der Waals surface area contributed by atoms with E-state index in [-0.39, 0.29) is 10.3 Å². The SMILES string of the molecule is PC(c1ccccc1)(c1ccccc1)c1cccc(-c2cccc(C(P)(c3ccccc3)c3ccccc3)c2)c1. The van der Waals surface area contributed by atoms with Gasteiger partial charge in [0.2, 0.25) is 0 Å². The molecular weight excluding hydrogens is 518 g/mol. The zero-order chi connectivity index (χ0) is 27.4. The maximum Gasteiger partial charge on any atom is 0.0591 e. The van der Waals surface area contributed by atoms with E-state index in [1.807, 2.05) is 0 Å². The number of rotatable bonds is 7. The molecule has 0 fully saturated rings. The molecule has 6 aromatic carbocycles. The lowest BCUT2D eigenvalue weighted by atomic mass is 9.81. The van der Waals surface area contributed by atoms with Crippen LogP contribution in [-0.4, -0.2) is 0 Å². The third-order valence-corrected chi connectivity index (χ3v) is 9.89. The molecule has 0 aliphatic carbocycles. The van der Waals surface area contributed by atoms with E-state index in [4.69, 9.17) is 0 Å². The molecule has 0 saturated heterocycles. The average Bonchev–Trinajstić information content (AvgIpc) is 3.06. The number of hydrogen-bond acceptors (Lipinski definition) is 0. The molecule has 40 heavy (non-hydrogen) atoms. The number of benzene rings is 6. The molecule has 0 radical (unpaired) electrons. The maximum atomic E-state index is 3.18. The molecule has 0 aliphatic rings. The highest BCUT2D eigenvalue weighted by molar-refractivity contribution is 7.19. The second-order valence-electron chi connectivity index (χ2n) is 10.2. The summed E-state index contributed by atoms with van der Waals surface area (Å²) in [6.07, 6.45) is 0. The molecule has 0 aliphatic heterocycles. The van der Waals surface area contributed by atoms with Crippen molar-refractivity contribution in [2.45, 2.75) is 10.3 Å². The van der Waals surface area contributed by atoms with Crippen molar-refractivity contribution in [2.24, 2.45) is 0 Å². The van der Waals surface area contributed by atoms with Crippen LogP contribution in [0.3, 0.4) is 0 Å². The second-order valence-corrected chi connectivity index (χ2v) is 12.0. The predicted molar refractivity (Wildman–Crippen MR) is 177 cm³/mol. The number of hydrogen-bond donors (Lipinski definition) is 0. The Morgan fingerprint density at radius 2 is 0.525 bits per heavy atom. The molecule has 0 spiro atoms. The summed E-state index contributed by atoms with van der Waals surface area (Å²) in [6.45, 7) is 0. The second kappa shape index (κ2) is 11.3. The van der Waals surface area contributed by atoms with Gasteiger partial charge in [0.05, 0.1) is 10.3 Å². The van der Waals surface area contributed by atoms with Crippen molar-refractivity contribution < 1.29 is 0 Å². The quantitative estimate of drug-likeness (QED) is 0.137. The van der Waals surface area contributed by atoms with E-state index in [1.165, 1.54) is 44.5 Å². The van der Waals surface area contributed by atoms with Crippen LogP contribution in [0.15, 0.2) is 170 Å². The van der Waals surface area contributed by atoms with Gasteiger partial charge in [0, 0.05) is 0 Å². The Hall–Kier alpha value is -3.82. The van der Waals surface area contributed by atoms with Crippen LogP contribution in [0.2, 0.25) is 0 Å². The summed E-state index contributed by atoms with van der Waals surface area (Å²) >= 11 is 0. The Bertz CT molecular complexity index is 1490. The van der Waals surface area contributed by atoms with Crippen molar-refractivity contribution in [1.29, 1.82) is 0 Å². The minimum absolute atomic E-state index is 0.366. The standard InChI is InChI=1S/C38H32P2/c39-37(31-17-5-1-6-18-31,32-19-7-2-8-20-32)35-25-13-15-29(27-35)30-16-14-26-36(28-30)38(40,33-21-9-3-10-22-33)34-23-11-4-12-24-34/h1-28H,39-40H2. The minimum Gasteiger partial charge on any atom is -0.117 e. The Labute approximate surface area is 242 Å². The van der Waals surface area contributed by atoms with E-state index < -0.39 is 0 Å².